The molecule has 9 heteroatoms. The number of halogens is 1. The SMILES string of the molecule is COCC(=O)Nc1ccc(NC(=O)NCCc2cc(F)cc3c2OCOC3)cc1. The van der Waals surface area contributed by atoms with Gasteiger partial charge in [-0.3, -0.25) is 4.79 Å². The van der Waals surface area contributed by atoms with Crippen LogP contribution in [-0.4, -0.2) is 39.0 Å². The summed E-state index contributed by atoms with van der Waals surface area (Å²) in [4.78, 5) is 23.5. The second-order valence-electron chi connectivity index (χ2n) is 6.35. The summed E-state index contributed by atoms with van der Waals surface area (Å²) < 4.78 is 29.1. The van der Waals surface area contributed by atoms with Crippen LogP contribution in [0.15, 0.2) is 36.4 Å². The highest BCUT2D eigenvalue weighted by atomic mass is 19.1. The number of urea groups is 1. The van der Waals surface area contributed by atoms with Crippen LogP contribution in [0.1, 0.15) is 11.1 Å². The van der Waals surface area contributed by atoms with Crippen molar-refractivity contribution >= 4 is 23.3 Å². The molecule has 0 atom stereocenters. The molecule has 0 bridgehead atoms. The van der Waals surface area contributed by atoms with Crippen molar-refractivity contribution in [2.75, 3.05) is 37.7 Å². The van der Waals surface area contributed by atoms with Crippen molar-refractivity contribution in [1.29, 1.82) is 0 Å². The van der Waals surface area contributed by atoms with Gasteiger partial charge in [0.1, 0.15) is 18.2 Å². The first-order valence-electron chi connectivity index (χ1n) is 9.00. The number of hydrogen-bond donors (Lipinski definition) is 3. The van der Waals surface area contributed by atoms with Gasteiger partial charge in [0, 0.05) is 30.6 Å². The van der Waals surface area contributed by atoms with Crippen molar-refractivity contribution in [3.8, 4) is 5.75 Å². The van der Waals surface area contributed by atoms with Gasteiger partial charge < -0.3 is 30.2 Å². The lowest BCUT2D eigenvalue weighted by molar-refractivity contribution is -0.119. The molecule has 2 aromatic carbocycles. The summed E-state index contributed by atoms with van der Waals surface area (Å²) in [6, 6.07) is 9.07. The molecule has 154 valence electrons. The third kappa shape index (κ3) is 5.90. The van der Waals surface area contributed by atoms with E-state index in [9.17, 15) is 14.0 Å². The number of ether oxygens (including phenoxy) is 3. The molecule has 0 aliphatic carbocycles. The molecule has 1 aliphatic heterocycles. The molecular weight excluding hydrogens is 381 g/mol. The molecular formula is C20H22FN3O5. The number of rotatable bonds is 7. The van der Waals surface area contributed by atoms with E-state index < -0.39 is 6.03 Å². The number of carbonyl (C=O) groups is 2. The Balaban J connectivity index is 1.48. The van der Waals surface area contributed by atoms with Crippen LogP contribution in [0.3, 0.4) is 0 Å². The molecule has 0 saturated heterocycles. The van der Waals surface area contributed by atoms with Gasteiger partial charge in [-0.05, 0) is 48.4 Å². The zero-order chi connectivity index (χ0) is 20.6. The first-order valence-corrected chi connectivity index (χ1v) is 9.00. The minimum absolute atomic E-state index is 0.0327. The molecule has 0 radical (unpaired) electrons. The molecule has 0 saturated carbocycles. The van der Waals surface area contributed by atoms with Crippen molar-refractivity contribution in [3.63, 3.8) is 0 Å². The fraction of sp³-hybridized carbons (Fsp3) is 0.300. The maximum absolute atomic E-state index is 13.7. The molecule has 0 unspecified atom stereocenters. The van der Waals surface area contributed by atoms with Gasteiger partial charge in [0.2, 0.25) is 5.91 Å². The average molecular weight is 403 g/mol. The van der Waals surface area contributed by atoms with E-state index in [2.05, 4.69) is 16.0 Å². The molecule has 1 heterocycles. The number of hydrogen-bond acceptors (Lipinski definition) is 5. The van der Waals surface area contributed by atoms with E-state index in [4.69, 9.17) is 14.2 Å². The van der Waals surface area contributed by atoms with Crippen molar-refractivity contribution in [2.45, 2.75) is 13.0 Å². The molecule has 1 aliphatic rings. The fourth-order valence-corrected chi connectivity index (χ4v) is 2.89. The summed E-state index contributed by atoms with van der Waals surface area (Å²) in [7, 11) is 1.44. The monoisotopic (exact) mass is 403 g/mol. The number of methoxy groups -OCH3 is 1. The van der Waals surface area contributed by atoms with E-state index in [1.165, 1.54) is 19.2 Å². The van der Waals surface area contributed by atoms with Crippen molar-refractivity contribution in [3.05, 3.63) is 53.3 Å². The molecule has 8 nitrogen and oxygen atoms in total. The third-order valence-electron chi connectivity index (χ3n) is 4.13. The highest BCUT2D eigenvalue weighted by Crippen LogP contribution is 2.29. The lowest BCUT2D eigenvalue weighted by atomic mass is 10.1. The summed E-state index contributed by atoms with van der Waals surface area (Å²) in [5.41, 5.74) is 2.50. The number of nitrogens with one attached hydrogen (secondary N) is 3. The third-order valence-corrected chi connectivity index (χ3v) is 4.13. The molecule has 0 spiro atoms. The molecule has 3 amide bonds. The summed E-state index contributed by atoms with van der Waals surface area (Å²) in [6.45, 7) is 0.698. The van der Waals surface area contributed by atoms with Gasteiger partial charge in [0.15, 0.2) is 6.79 Å². The van der Waals surface area contributed by atoms with Gasteiger partial charge >= 0.3 is 6.03 Å². The van der Waals surface area contributed by atoms with Crippen LogP contribution in [0.2, 0.25) is 0 Å². The first-order chi connectivity index (χ1) is 14.0. The summed E-state index contributed by atoms with van der Waals surface area (Å²) in [6.07, 6.45) is 0.415. The minimum atomic E-state index is -0.393. The fourth-order valence-electron chi connectivity index (χ4n) is 2.89. The predicted molar refractivity (Wildman–Crippen MR) is 104 cm³/mol. The van der Waals surface area contributed by atoms with Gasteiger partial charge in [-0.2, -0.15) is 0 Å². The second-order valence-corrected chi connectivity index (χ2v) is 6.35. The van der Waals surface area contributed by atoms with Crippen LogP contribution >= 0.6 is 0 Å². The van der Waals surface area contributed by atoms with E-state index in [1.54, 1.807) is 24.3 Å². The van der Waals surface area contributed by atoms with E-state index in [0.717, 1.165) is 0 Å². The predicted octanol–water partition coefficient (Wildman–Crippen LogP) is 2.64. The van der Waals surface area contributed by atoms with Crippen LogP contribution in [0, 0.1) is 5.82 Å². The topological polar surface area (TPSA) is 97.9 Å². The van der Waals surface area contributed by atoms with E-state index in [0.29, 0.717) is 47.8 Å². The number of anilines is 2. The Morgan fingerprint density at radius 1 is 1.14 bits per heavy atom. The van der Waals surface area contributed by atoms with Crippen LogP contribution in [0.25, 0.3) is 0 Å². The average Bonchev–Trinajstić information content (AvgIpc) is 2.69. The van der Waals surface area contributed by atoms with Gasteiger partial charge in [-0.25, -0.2) is 9.18 Å². The molecule has 2 aromatic rings. The van der Waals surface area contributed by atoms with Crippen LogP contribution in [-0.2, 0) is 27.3 Å². The Morgan fingerprint density at radius 3 is 2.59 bits per heavy atom. The van der Waals surface area contributed by atoms with E-state index in [-0.39, 0.29) is 25.1 Å². The highest BCUT2D eigenvalue weighted by molar-refractivity contribution is 5.93. The first kappa shape index (κ1) is 20.6. The van der Waals surface area contributed by atoms with Gasteiger partial charge in [0.25, 0.3) is 0 Å². The van der Waals surface area contributed by atoms with Crippen molar-refractivity contribution in [1.82, 2.24) is 5.32 Å². The Kier molecular flexibility index (Phi) is 6.99. The molecule has 3 rings (SSSR count). The smallest absolute Gasteiger partial charge is 0.319 e. The van der Waals surface area contributed by atoms with Crippen molar-refractivity contribution in [2.24, 2.45) is 0 Å². The number of fused-ring (bicyclic) bond motifs is 1. The normalized spacial score (nSPS) is 12.5. The number of benzene rings is 2. The molecule has 0 fully saturated rings. The Hall–Kier alpha value is -3.17. The van der Waals surface area contributed by atoms with Crippen LogP contribution < -0.4 is 20.7 Å². The quantitative estimate of drug-likeness (QED) is 0.660. The summed E-state index contributed by atoms with van der Waals surface area (Å²) >= 11 is 0. The maximum Gasteiger partial charge on any atom is 0.319 e. The second kappa shape index (κ2) is 9.85. The maximum atomic E-state index is 13.7. The lowest BCUT2D eigenvalue weighted by Gasteiger charge is -2.21. The molecule has 29 heavy (non-hydrogen) atoms. The Morgan fingerprint density at radius 2 is 1.86 bits per heavy atom. The van der Waals surface area contributed by atoms with E-state index >= 15 is 0 Å². The zero-order valence-corrected chi connectivity index (χ0v) is 15.9. The zero-order valence-electron chi connectivity index (χ0n) is 15.9. The van der Waals surface area contributed by atoms with E-state index in [1.807, 2.05) is 0 Å². The lowest BCUT2D eigenvalue weighted by Crippen LogP contribution is -2.30. The Labute approximate surface area is 167 Å². The number of carbonyl (C=O) groups excluding carboxylic acids is 2. The van der Waals surface area contributed by atoms with Gasteiger partial charge in [-0.1, -0.05) is 0 Å². The largest absolute Gasteiger partial charge is 0.467 e. The Bertz CT molecular complexity index is 873. The van der Waals surface area contributed by atoms with Crippen molar-refractivity contribution < 1.29 is 28.2 Å². The van der Waals surface area contributed by atoms with Gasteiger partial charge in [-0.15, -0.1) is 0 Å². The minimum Gasteiger partial charge on any atom is -0.467 e. The standard InChI is InChI=1S/C20H22FN3O5/c1-27-11-18(25)23-16-2-4-17(5-3-16)24-20(26)22-7-6-13-8-15(21)9-14-10-28-12-29-19(13)14/h2-5,8-9H,6-7,10-12H2,1H3,(H,23,25)(H2,22,24,26). The van der Waals surface area contributed by atoms with Crippen LogP contribution in [0.5, 0.6) is 5.75 Å². The molecule has 3 N–H and O–H groups in total. The highest BCUT2D eigenvalue weighted by Gasteiger charge is 2.17. The summed E-state index contributed by atoms with van der Waals surface area (Å²) in [5, 5.41) is 8.08. The summed E-state index contributed by atoms with van der Waals surface area (Å²) in [5.74, 6) is -0.0121. The van der Waals surface area contributed by atoms with Crippen LogP contribution in [0.4, 0.5) is 20.6 Å². The number of amides is 3. The van der Waals surface area contributed by atoms with Gasteiger partial charge in [0.05, 0.1) is 6.61 Å². The molecule has 0 aromatic heterocycles.